The maximum Gasteiger partial charge on any atom is 0.540 e. The molecule has 0 fully saturated rings. The van der Waals surface area contributed by atoms with Crippen LogP contribution in [0.15, 0.2) is 184 Å². The predicted molar refractivity (Wildman–Crippen MR) is 302 cm³/mol. The summed E-state index contributed by atoms with van der Waals surface area (Å²) >= 11 is 0. The third-order valence-corrected chi connectivity index (χ3v) is 9.28. The van der Waals surface area contributed by atoms with Gasteiger partial charge < -0.3 is 29.4 Å². The van der Waals surface area contributed by atoms with Gasteiger partial charge in [0.25, 0.3) is 0 Å². The fourth-order valence-corrected chi connectivity index (χ4v) is 5.54. The van der Waals surface area contributed by atoms with Crippen molar-refractivity contribution in [3.05, 3.63) is 184 Å². The maximum absolute atomic E-state index is 9.95. The van der Waals surface area contributed by atoms with E-state index in [2.05, 4.69) is 216 Å². The molecule has 0 aliphatic heterocycles. The lowest BCUT2D eigenvalue weighted by Gasteiger charge is -1.91. The normalized spacial score (nSPS) is 10.1. The van der Waals surface area contributed by atoms with Crippen LogP contribution in [0.3, 0.4) is 0 Å². The van der Waals surface area contributed by atoms with Crippen LogP contribution >= 0.6 is 50.0 Å². The molecule has 30 heteroatoms. The van der Waals surface area contributed by atoms with Gasteiger partial charge in [0.05, 0.1) is 25.2 Å². The van der Waals surface area contributed by atoms with Gasteiger partial charge in [-0.05, 0) is 27.4 Å². The molecule has 0 aromatic carbocycles. The predicted octanol–water partition coefficient (Wildman–Crippen LogP) is 10.5. The van der Waals surface area contributed by atoms with E-state index in [4.69, 9.17) is 56.8 Å². The molecule has 6 rings (SSSR count). The minimum atomic E-state index is -3.62. The highest BCUT2D eigenvalue weighted by molar-refractivity contribution is 7.30. The summed E-state index contributed by atoms with van der Waals surface area (Å²) in [5.41, 5.74) is 0. The zero-order valence-corrected chi connectivity index (χ0v) is 53.9. The summed E-state index contributed by atoms with van der Waals surface area (Å²) in [6, 6.07) is 37.0. The van der Waals surface area contributed by atoms with Crippen LogP contribution in [0.5, 0.6) is 0 Å². The molecule has 0 saturated carbocycles. The molecule has 6 unspecified atom stereocenters. The van der Waals surface area contributed by atoms with Gasteiger partial charge in [0.1, 0.15) is 39.3 Å². The van der Waals surface area contributed by atoms with Gasteiger partial charge in [0.15, 0.2) is 74.4 Å². The van der Waals surface area contributed by atoms with Crippen LogP contribution < -0.4 is 56.8 Å². The lowest BCUT2D eigenvalue weighted by Crippen LogP contribution is -2.31. The van der Waals surface area contributed by atoms with Crippen LogP contribution in [0.2, 0.25) is 0 Å². The average Bonchev–Trinajstić information content (AvgIpc) is 3.46. The summed E-state index contributed by atoms with van der Waals surface area (Å²) in [5.74, 6) is 0. The summed E-state index contributed by atoms with van der Waals surface area (Å²) in [5, 5.41) is 0. The summed E-state index contributed by atoms with van der Waals surface area (Å²) in [4.78, 5) is 50.2. The largest absolute Gasteiger partial charge is 0.562 e. The first-order chi connectivity index (χ1) is 40.0. The van der Waals surface area contributed by atoms with Crippen molar-refractivity contribution in [1.82, 2.24) is 0 Å². The van der Waals surface area contributed by atoms with Crippen molar-refractivity contribution in [2.45, 2.75) is 158 Å². The number of aromatic nitrogens is 6. The van der Waals surface area contributed by atoms with E-state index in [1.54, 1.807) is 0 Å². The summed E-state index contributed by atoms with van der Waals surface area (Å²) in [7, 11) is -21.7. The molecule has 468 valence electrons. The number of nitrogens with zero attached hydrogens (tertiary/aromatic N) is 6. The lowest BCUT2D eigenvalue weighted by molar-refractivity contribution is -0.697. The molecule has 0 spiro atoms. The zero-order chi connectivity index (χ0) is 64.9. The topological polar surface area (TPSA) is 264 Å². The highest BCUT2D eigenvalue weighted by atomic mass is 31.2. The van der Waals surface area contributed by atoms with E-state index in [-0.39, 0.29) is 0 Å². The van der Waals surface area contributed by atoms with E-state index < -0.39 is 50.0 Å². The summed E-state index contributed by atoms with van der Waals surface area (Å²) in [6.45, 7) is 20.2. The van der Waals surface area contributed by atoms with Crippen molar-refractivity contribution in [3.8, 4) is 0 Å². The second-order valence-electron chi connectivity index (χ2n) is 16.1. The Hall–Kier alpha value is -5.16. The average molecular weight is 1310 g/mol. The van der Waals surface area contributed by atoms with Crippen molar-refractivity contribution < 1.29 is 109 Å². The molecule has 0 amide bonds. The fourth-order valence-electron chi connectivity index (χ4n) is 5.54. The van der Waals surface area contributed by atoms with E-state index in [0.717, 1.165) is 39.3 Å². The van der Waals surface area contributed by atoms with E-state index in [1.807, 2.05) is 36.4 Å². The molecule has 0 aliphatic rings. The number of rotatable bonds is 18. The first-order valence-electron chi connectivity index (χ1n) is 26.4. The molecule has 0 N–H and O–H groups in total. The number of unbranched alkanes of at least 4 members (excludes halogenated alkanes) is 6. The Balaban J connectivity index is -0.000000202. The van der Waals surface area contributed by atoms with E-state index in [0.29, 0.717) is 0 Å². The molecule has 0 saturated heterocycles. The van der Waals surface area contributed by atoms with Crippen LogP contribution in [0.4, 0.5) is 25.2 Å². The Morgan fingerprint density at radius 1 is 0.226 bits per heavy atom. The van der Waals surface area contributed by atoms with E-state index in [1.165, 1.54) is 77.0 Å². The van der Waals surface area contributed by atoms with Gasteiger partial charge in [-0.15, -0.1) is 0 Å². The molecule has 6 atom stereocenters. The van der Waals surface area contributed by atoms with Gasteiger partial charge in [0.2, 0.25) is 0 Å². The lowest BCUT2D eigenvalue weighted by atomic mass is 10.3. The minimum absolute atomic E-state index is 1.15. The van der Waals surface area contributed by atoms with Crippen LogP contribution in [0, 0.1) is 0 Å². The highest BCUT2D eigenvalue weighted by Gasteiger charge is 1.98. The van der Waals surface area contributed by atoms with Crippen LogP contribution in [0.1, 0.15) is 119 Å². The van der Waals surface area contributed by atoms with Gasteiger partial charge in [-0.3, -0.25) is 0 Å². The van der Waals surface area contributed by atoms with E-state index >= 15 is 0 Å². The van der Waals surface area contributed by atoms with Gasteiger partial charge >= 0.3 is 50.0 Å². The monoisotopic (exact) mass is 1310 g/mol. The first kappa shape index (κ1) is 90.0. The molecule has 84 heavy (non-hydrogen) atoms. The van der Waals surface area contributed by atoms with Crippen molar-refractivity contribution in [1.29, 1.82) is 0 Å². The second kappa shape index (κ2) is 73.9. The van der Waals surface area contributed by atoms with Gasteiger partial charge in [-0.2, -0.15) is 0 Å². The van der Waals surface area contributed by atoms with Crippen LogP contribution in [-0.2, 0) is 66.7 Å². The fraction of sp³-hybridized carbons (Fsp3) is 0.444. The Bertz CT molecular complexity index is 1940. The third-order valence-electron chi connectivity index (χ3n) is 9.28. The zero-order valence-electron chi connectivity index (χ0n) is 48.6. The second-order valence-corrected chi connectivity index (χ2v) is 18.6. The van der Waals surface area contributed by atoms with Crippen LogP contribution in [0.25, 0.3) is 0 Å². The standard InChI is InChI=1S/6C9H14N.6FO2P/c6*1-2-3-7-10-8-5-4-6-9-10;6*1-4(2)3/h6*4-6,8-9H,2-3,7H2,1H3;;;;;;/q6*+1;;;;;;. The molecule has 0 bridgehead atoms. The van der Waals surface area contributed by atoms with Crippen molar-refractivity contribution in [2.24, 2.45) is 0 Å². The molecule has 18 nitrogen and oxygen atoms in total. The molecule has 0 radical (unpaired) electrons. The Kier molecular flexibility index (Phi) is 79.3. The van der Waals surface area contributed by atoms with Gasteiger partial charge in [-0.1, -0.05) is 116 Å². The maximum atomic E-state index is 9.95. The molecular weight excluding hydrogens is 1220 g/mol. The van der Waals surface area contributed by atoms with E-state index in [9.17, 15) is 25.2 Å². The number of hydrogen-bond acceptors (Lipinski definition) is 12. The molecule has 0 aliphatic carbocycles. The smallest absolute Gasteiger partial charge is 0.540 e. The van der Waals surface area contributed by atoms with Crippen molar-refractivity contribution in [3.63, 3.8) is 0 Å². The number of pyridine rings is 6. The molecular formula is C54H84F6N6O12P6+6. The number of halogens is 6. The molecule has 6 heterocycles. The summed E-state index contributed by atoms with van der Waals surface area (Å²) < 4.78 is 123. The van der Waals surface area contributed by atoms with Crippen molar-refractivity contribution >= 4 is 50.0 Å². The molecule has 6 aromatic rings. The highest BCUT2D eigenvalue weighted by Crippen LogP contribution is 2.05. The quantitative estimate of drug-likeness (QED) is 0.0442. The molecule has 6 aromatic heterocycles. The third kappa shape index (κ3) is 98.9. The minimum Gasteiger partial charge on any atom is -0.562 e. The van der Waals surface area contributed by atoms with Crippen molar-refractivity contribution in [2.75, 3.05) is 0 Å². The van der Waals surface area contributed by atoms with Gasteiger partial charge in [0, 0.05) is 111 Å². The summed E-state index contributed by atoms with van der Waals surface area (Å²) in [6.07, 6.45) is 40.5. The first-order valence-corrected chi connectivity index (χ1v) is 32.9. The van der Waals surface area contributed by atoms with Gasteiger partial charge in [-0.25, -0.2) is 27.4 Å². The Labute approximate surface area is 498 Å². The number of hydrogen-bond donors (Lipinski definition) is 0. The SMILES string of the molecule is CCCC[n+]1ccccc1.CCCC[n+]1ccccc1.CCCC[n+]1ccccc1.CCCC[n+]1ccccc1.CCCC[n+]1ccccc1.CCCC[n+]1ccccc1.O=[P+]([O-])F.O=[P+]([O-])F.O=[P+]([O-])F.O=[P+]([O-])F.O=[P+]([O-])F.O=[P+]([O-])F. The number of aryl methyl sites for hydroxylation is 6. The van der Waals surface area contributed by atoms with Crippen LogP contribution in [-0.4, -0.2) is 0 Å². The Morgan fingerprint density at radius 3 is 0.381 bits per heavy atom. The Morgan fingerprint density at radius 2 is 0.310 bits per heavy atom.